The molecule has 1 heterocycles. The number of rotatable bonds is 28. The summed E-state index contributed by atoms with van der Waals surface area (Å²) >= 11 is 13.0. The van der Waals surface area contributed by atoms with Crippen LogP contribution in [0.2, 0.25) is 10.0 Å². The smallest absolute Gasteiger partial charge is 0.416 e. The number of esters is 1. The highest BCUT2D eigenvalue weighted by atomic mass is 35.5. The lowest BCUT2D eigenvalue weighted by molar-refractivity contribution is -0.141. The summed E-state index contributed by atoms with van der Waals surface area (Å²) in [6.07, 6.45) is 1.84. The number of anilines is 1. The van der Waals surface area contributed by atoms with Gasteiger partial charge in [-0.1, -0.05) is 28.3 Å². The zero-order valence-electron chi connectivity index (χ0n) is 33.8. The van der Waals surface area contributed by atoms with E-state index in [1.165, 1.54) is 24.1 Å². The molecule has 1 unspecified atom stereocenters. The predicted molar refractivity (Wildman–Crippen MR) is 216 cm³/mol. The molecule has 18 nitrogen and oxygen atoms in total. The predicted octanol–water partition coefficient (Wildman–Crippen LogP) is 5.90. The van der Waals surface area contributed by atoms with Gasteiger partial charge in [-0.2, -0.15) is 0 Å². The van der Waals surface area contributed by atoms with Crippen LogP contribution >= 0.6 is 23.2 Å². The lowest BCUT2D eigenvalue weighted by Crippen LogP contribution is -2.39. The van der Waals surface area contributed by atoms with Crippen LogP contribution < -0.4 is 20.3 Å². The van der Waals surface area contributed by atoms with Crippen molar-refractivity contribution in [1.29, 1.82) is 0 Å². The molecule has 20 heteroatoms. The Bertz CT molecular complexity index is 1620. The largest absolute Gasteiger partial charge is 0.488 e. The maximum atomic E-state index is 12.9. The average molecular weight is 857 g/mol. The second-order valence-corrected chi connectivity index (χ2v) is 14.3. The molecule has 58 heavy (non-hydrogen) atoms. The zero-order chi connectivity index (χ0) is 42.8. The molecule has 2 N–H and O–H groups in total. The number of aromatic nitrogens is 1. The summed E-state index contributed by atoms with van der Waals surface area (Å²) < 4.78 is 37.7. The summed E-state index contributed by atoms with van der Waals surface area (Å²) in [6, 6.07) is 5.77. The number of unbranched alkanes of at least 4 members (excludes halogenated alkanes) is 1. The fourth-order valence-corrected chi connectivity index (χ4v) is 5.50. The van der Waals surface area contributed by atoms with Crippen LogP contribution in [0, 0.1) is 6.92 Å². The standard InChI is InChI=1S/C38H55Cl2N7O11/c1-27-9-10-42-32(22-27)47(37(51)58-38(2,3)4)12-7-6-8-33(48)43-26-34(49)45-31(25-35(50)52-5)28-23-29(39)36(30(40)24-28)57-21-20-56-19-18-55-17-16-54-15-14-53-13-11-44-46-41/h9-10,22-24,31H,6-8,11-21,25-26H2,1-5H3,(H,43,48)(H,45,49). The molecule has 0 bridgehead atoms. The fourth-order valence-electron chi connectivity index (χ4n) is 4.89. The Hall–Kier alpha value is -4.42. The molecule has 1 atom stereocenters. The highest BCUT2D eigenvalue weighted by Crippen LogP contribution is 2.36. The zero-order valence-corrected chi connectivity index (χ0v) is 35.3. The van der Waals surface area contributed by atoms with Gasteiger partial charge in [0.15, 0.2) is 5.75 Å². The first-order valence-corrected chi connectivity index (χ1v) is 19.5. The lowest BCUT2D eigenvalue weighted by Gasteiger charge is -2.27. The number of nitrogens with zero attached hydrogens (tertiary/aromatic N) is 5. The lowest BCUT2D eigenvalue weighted by atomic mass is 10.0. The number of benzene rings is 1. The van der Waals surface area contributed by atoms with Gasteiger partial charge in [0.2, 0.25) is 11.8 Å². The Morgan fingerprint density at radius 3 is 2.07 bits per heavy atom. The van der Waals surface area contributed by atoms with E-state index in [0.29, 0.717) is 70.5 Å². The van der Waals surface area contributed by atoms with Gasteiger partial charge >= 0.3 is 12.1 Å². The van der Waals surface area contributed by atoms with Crippen LogP contribution in [0.3, 0.4) is 0 Å². The maximum Gasteiger partial charge on any atom is 0.416 e. The van der Waals surface area contributed by atoms with Crippen molar-refractivity contribution >= 4 is 52.9 Å². The number of halogens is 2. The molecule has 2 rings (SSSR count). The van der Waals surface area contributed by atoms with E-state index in [2.05, 4.69) is 25.6 Å². The molecule has 0 aliphatic rings. The molecule has 0 aliphatic carbocycles. The Morgan fingerprint density at radius 1 is 0.897 bits per heavy atom. The number of azide groups is 1. The minimum Gasteiger partial charge on any atom is -0.488 e. The summed E-state index contributed by atoms with van der Waals surface area (Å²) in [5, 5.41) is 8.98. The second kappa shape index (κ2) is 28.1. The van der Waals surface area contributed by atoms with E-state index >= 15 is 0 Å². The number of hydrogen-bond donors (Lipinski definition) is 2. The molecule has 0 saturated carbocycles. The molecular formula is C38H55Cl2N7O11. The normalized spacial score (nSPS) is 11.6. The van der Waals surface area contributed by atoms with Crippen LogP contribution in [0.25, 0.3) is 10.4 Å². The van der Waals surface area contributed by atoms with Gasteiger partial charge in [0, 0.05) is 30.6 Å². The molecule has 1 aromatic carbocycles. The molecule has 0 radical (unpaired) electrons. The number of hydrogen-bond acceptors (Lipinski definition) is 13. The van der Waals surface area contributed by atoms with Gasteiger partial charge in [0.25, 0.3) is 0 Å². The molecule has 0 spiro atoms. The van der Waals surface area contributed by atoms with E-state index in [0.717, 1.165) is 5.56 Å². The number of amides is 3. The quantitative estimate of drug-likeness (QED) is 0.0336. The Balaban J connectivity index is 1.78. The minimum atomic E-state index is -0.882. The number of ether oxygens (including phenoxy) is 7. The van der Waals surface area contributed by atoms with E-state index in [1.54, 1.807) is 33.0 Å². The Morgan fingerprint density at radius 2 is 1.50 bits per heavy atom. The van der Waals surface area contributed by atoms with Crippen molar-refractivity contribution in [3.05, 3.63) is 62.1 Å². The third-order valence-electron chi connectivity index (χ3n) is 7.62. The van der Waals surface area contributed by atoms with Crippen molar-refractivity contribution in [2.75, 3.05) is 91.1 Å². The Labute approximate surface area is 349 Å². The molecule has 0 saturated heterocycles. The fraction of sp³-hybridized carbons (Fsp3) is 0.605. The molecule has 2 aromatic rings. The second-order valence-electron chi connectivity index (χ2n) is 13.5. The summed E-state index contributed by atoms with van der Waals surface area (Å²) in [6.45, 7) is 10.4. The van der Waals surface area contributed by atoms with E-state index in [-0.39, 0.29) is 67.4 Å². The number of carbonyl (C=O) groups is 4. The van der Waals surface area contributed by atoms with Gasteiger partial charge in [0.05, 0.1) is 89.0 Å². The van der Waals surface area contributed by atoms with Crippen LogP contribution in [0.1, 0.15) is 63.6 Å². The number of methoxy groups -OCH3 is 1. The maximum absolute atomic E-state index is 12.9. The summed E-state index contributed by atoms with van der Waals surface area (Å²) in [7, 11) is 1.22. The van der Waals surface area contributed by atoms with Crippen molar-refractivity contribution in [3.63, 3.8) is 0 Å². The number of carbonyl (C=O) groups excluding carboxylic acids is 4. The SMILES string of the molecule is COC(=O)CC(NC(=O)CNC(=O)CCCCN(C(=O)OC(C)(C)C)c1cc(C)ccn1)c1cc(Cl)c(OCCOCCOCCOCCOCCN=[N+]=[N-])c(Cl)c1. The first-order valence-electron chi connectivity index (χ1n) is 18.7. The highest BCUT2D eigenvalue weighted by molar-refractivity contribution is 6.37. The van der Waals surface area contributed by atoms with E-state index < -0.39 is 29.6 Å². The van der Waals surface area contributed by atoms with Crippen LogP contribution in [-0.2, 0) is 42.8 Å². The van der Waals surface area contributed by atoms with Crippen molar-refractivity contribution < 1.29 is 52.3 Å². The van der Waals surface area contributed by atoms with Gasteiger partial charge < -0.3 is 43.8 Å². The van der Waals surface area contributed by atoms with Gasteiger partial charge in [0.1, 0.15) is 18.0 Å². The van der Waals surface area contributed by atoms with Gasteiger partial charge in [-0.15, -0.1) is 0 Å². The van der Waals surface area contributed by atoms with Crippen LogP contribution in [0.15, 0.2) is 35.6 Å². The summed E-state index contributed by atoms with van der Waals surface area (Å²) in [5.74, 6) is -0.877. The van der Waals surface area contributed by atoms with Crippen molar-refractivity contribution in [2.45, 2.75) is 65.0 Å². The van der Waals surface area contributed by atoms with E-state index in [1.807, 2.05) is 13.0 Å². The van der Waals surface area contributed by atoms with Crippen molar-refractivity contribution in [1.82, 2.24) is 15.6 Å². The third kappa shape index (κ3) is 21.4. The summed E-state index contributed by atoms with van der Waals surface area (Å²) in [5.41, 5.74) is 8.84. The molecule has 0 aliphatic heterocycles. The Kier molecular flexibility index (Phi) is 24.1. The van der Waals surface area contributed by atoms with Gasteiger partial charge in [-0.3, -0.25) is 19.3 Å². The number of nitrogens with one attached hydrogen (secondary N) is 2. The van der Waals surface area contributed by atoms with Gasteiger partial charge in [-0.05, 0) is 81.5 Å². The first kappa shape index (κ1) is 49.7. The molecule has 322 valence electrons. The minimum absolute atomic E-state index is 0.101. The van der Waals surface area contributed by atoms with Crippen LogP contribution in [0.4, 0.5) is 10.6 Å². The molecular weight excluding hydrogens is 801 g/mol. The van der Waals surface area contributed by atoms with Crippen molar-refractivity contribution in [3.8, 4) is 5.75 Å². The molecule has 0 fully saturated rings. The number of aryl methyl sites for hydroxylation is 1. The topological polar surface area (TPSA) is 222 Å². The number of pyridine rings is 1. The monoisotopic (exact) mass is 855 g/mol. The molecule has 3 amide bonds. The third-order valence-corrected chi connectivity index (χ3v) is 8.18. The highest BCUT2D eigenvalue weighted by Gasteiger charge is 2.25. The van der Waals surface area contributed by atoms with E-state index in [9.17, 15) is 19.2 Å². The summed E-state index contributed by atoms with van der Waals surface area (Å²) in [4.78, 5) is 59.1. The van der Waals surface area contributed by atoms with E-state index in [4.69, 9.17) is 61.9 Å². The van der Waals surface area contributed by atoms with Crippen LogP contribution in [0.5, 0.6) is 5.75 Å². The average Bonchev–Trinajstić information content (AvgIpc) is 3.16. The van der Waals surface area contributed by atoms with Gasteiger partial charge in [-0.25, -0.2) is 9.78 Å². The first-order chi connectivity index (χ1) is 27.7. The molecule has 1 aromatic heterocycles. The van der Waals surface area contributed by atoms with Crippen molar-refractivity contribution in [2.24, 2.45) is 5.11 Å². The van der Waals surface area contributed by atoms with Crippen LogP contribution in [-0.4, -0.2) is 121 Å².